The van der Waals surface area contributed by atoms with E-state index in [2.05, 4.69) is 46.7 Å². The number of amides is 1. The van der Waals surface area contributed by atoms with Gasteiger partial charge in [0.2, 0.25) is 0 Å². The van der Waals surface area contributed by atoms with Crippen LogP contribution in [0.1, 0.15) is 24.2 Å². The fourth-order valence-electron chi connectivity index (χ4n) is 2.29. The number of nitrogens with zero attached hydrogens (tertiary/aromatic N) is 3. The van der Waals surface area contributed by atoms with Gasteiger partial charge >= 0.3 is 0 Å². The Morgan fingerprint density at radius 3 is 2.56 bits per heavy atom. The highest BCUT2D eigenvalue weighted by molar-refractivity contribution is 9.10. The van der Waals surface area contributed by atoms with E-state index in [0.29, 0.717) is 22.3 Å². The van der Waals surface area contributed by atoms with Crippen molar-refractivity contribution in [2.45, 2.75) is 25.9 Å². The maximum atomic E-state index is 12.4. The van der Waals surface area contributed by atoms with Gasteiger partial charge in [-0.1, -0.05) is 0 Å². The summed E-state index contributed by atoms with van der Waals surface area (Å²) in [5.41, 5.74) is 0.695. The van der Waals surface area contributed by atoms with E-state index < -0.39 is 0 Å². The first kappa shape index (κ1) is 13.5. The van der Waals surface area contributed by atoms with Gasteiger partial charge in [-0.25, -0.2) is 4.98 Å². The predicted octanol–water partition coefficient (Wildman–Crippen LogP) is 2.01. The molecule has 0 spiro atoms. The van der Waals surface area contributed by atoms with Crippen molar-refractivity contribution < 1.29 is 4.79 Å². The van der Waals surface area contributed by atoms with Crippen molar-refractivity contribution in [2.24, 2.45) is 0 Å². The number of piperazine rings is 1. The second-order valence-electron chi connectivity index (χ2n) is 4.94. The molecule has 1 amide bonds. The van der Waals surface area contributed by atoms with Crippen molar-refractivity contribution in [1.29, 1.82) is 0 Å². The minimum atomic E-state index is 0.0879. The topological polar surface area (TPSA) is 36.4 Å². The van der Waals surface area contributed by atoms with Gasteiger partial charge in [-0.15, -0.1) is 0 Å². The molecular formula is C13H18BrN3O. The third-order valence-corrected chi connectivity index (χ3v) is 4.05. The summed E-state index contributed by atoms with van der Waals surface area (Å²) in [6.07, 6.45) is 1.65. The Bertz CT molecular complexity index is 440. The van der Waals surface area contributed by atoms with Gasteiger partial charge in [0, 0.05) is 36.9 Å². The molecule has 2 atom stereocenters. The fraction of sp³-hybridized carbons (Fsp3) is 0.538. The van der Waals surface area contributed by atoms with E-state index in [-0.39, 0.29) is 5.91 Å². The number of rotatable bonds is 1. The zero-order valence-electron chi connectivity index (χ0n) is 10.9. The van der Waals surface area contributed by atoms with Crippen molar-refractivity contribution >= 4 is 21.8 Å². The van der Waals surface area contributed by atoms with Gasteiger partial charge in [0.25, 0.3) is 5.91 Å². The molecule has 0 bridgehead atoms. The van der Waals surface area contributed by atoms with Crippen LogP contribution in [0.5, 0.6) is 0 Å². The smallest absolute Gasteiger partial charge is 0.254 e. The lowest BCUT2D eigenvalue weighted by Crippen LogP contribution is -2.56. The predicted molar refractivity (Wildman–Crippen MR) is 74.5 cm³/mol. The van der Waals surface area contributed by atoms with Gasteiger partial charge in [-0.2, -0.15) is 0 Å². The minimum Gasteiger partial charge on any atom is -0.336 e. The van der Waals surface area contributed by atoms with Crippen LogP contribution >= 0.6 is 15.9 Å². The van der Waals surface area contributed by atoms with Crippen molar-refractivity contribution in [3.8, 4) is 0 Å². The fourth-order valence-corrected chi connectivity index (χ4v) is 2.65. The molecule has 0 aliphatic carbocycles. The molecule has 2 heterocycles. The lowest BCUT2D eigenvalue weighted by atomic mass is 10.1. The van der Waals surface area contributed by atoms with E-state index in [9.17, 15) is 4.79 Å². The van der Waals surface area contributed by atoms with Crippen LogP contribution in [-0.4, -0.2) is 52.9 Å². The Morgan fingerprint density at radius 1 is 1.39 bits per heavy atom. The van der Waals surface area contributed by atoms with Crippen LogP contribution in [0, 0.1) is 0 Å². The van der Waals surface area contributed by atoms with E-state index in [1.165, 1.54) is 0 Å². The lowest BCUT2D eigenvalue weighted by Gasteiger charge is -2.42. The van der Waals surface area contributed by atoms with E-state index in [0.717, 1.165) is 13.1 Å². The van der Waals surface area contributed by atoms with Crippen LogP contribution in [0.4, 0.5) is 0 Å². The number of hydrogen-bond acceptors (Lipinski definition) is 3. The molecule has 1 aliphatic heterocycles. The van der Waals surface area contributed by atoms with E-state index >= 15 is 0 Å². The third-order valence-electron chi connectivity index (χ3n) is 3.62. The Labute approximate surface area is 116 Å². The van der Waals surface area contributed by atoms with Crippen LogP contribution in [0.25, 0.3) is 0 Å². The molecule has 1 fully saturated rings. The Kier molecular flexibility index (Phi) is 4.02. The zero-order chi connectivity index (χ0) is 13.3. The summed E-state index contributed by atoms with van der Waals surface area (Å²) in [7, 11) is 2.11. The first-order chi connectivity index (χ1) is 8.49. The summed E-state index contributed by atoms with van der Waals surface area (Å²) in [5, 5.41) is 0. The summed E-state index contributed by atoms with van der Waals surface area (Å²) in [4.78, 5) is 20.7. The van der Waals surface area contributed by atoms with E-state index in [1.807, 2.05) is 4.90 Å². The molecule has 1 aromatic rings. The molecule has 0 N–H and O–H groups in total. The van der Waals surface area contributed by atoms with Crippen LogP contribution in [0.15, 0.2) is 22.9 Å². The molecule has 0 radical (unpaired) electrons. The number of pyridine rings is 1. The number of aromatic nitrogens is 1. The number of carbonyl (C=O) groups is 1. The molecule has 2 unspecified atom stereocenters. The molecule has 0 aromatic carbocycles. The van der Waals surface area contributed by atoms with Crippen LogP contribution in [0.2, 0.25) is 0 Å². The molecule has 1 aliphatic rings. The Hall–Kier alpha value is -0.940. The summed E-state index contributed by atoms with van der Waals surface area (Å²) in [6, 6.07) is 4.32. The second kappa shape index (κ2) is 5.36. The van der Waals surface area contributed by atoms with Crippen LogP contribution < -0.4 is 0 Å². The molecule has 98 valence electrons. The molecule has 2 rings (SSSR count). The van der Waals surface area contributed by atoms with Crippen molar-refractivity contribution in [3.63, 3.8) is 0 Å². The molecule has 0 saturated carbocycles. The summed E-state index contributed by atoms with van der Waals surface area (Å²) < 4.78 is 0.698. The maximum Gasteiger partial charge on any atom is 0.254 e. The molecule has 5 heteroatoms. The first-order valence-electron chi connectivity index (χ1n) is 6.12. The van der Waals surface area contributed by atoms with Gasteiger partial charge in [0.1, 0.15) is 4.60 Å². The van der Waals surface area contributed by atoms with Crippen molar-refractivity contribution in [3.05, 3.63) is 28.5 Å². The molecule has 4 nitrogen and oxygen atoms in total. The summed E-state index contributed by atoms with van der Waals surface area (Å²) in [5.74, 6) is 0.0879. The molecular weight excluding hydrogens is 294 g/mol. The van der Waals surface area contributed by atoms with E-state index in [4.69, 9.17) is 0 Å². The van der Waals surface area contributed by atoms with Gasteiger partial charge in [-0.3, -0.25) is 9.69 Å². The highest BCUT2D eigenvalue weighted by Crippen LogP contribution is 2.17. The van der Waals surface area contributed by atoms with Gasteiger partial charge < -0.3 is 4.90 Å². The SMILES string of the molecule is CC1CN(C(=O)c2ccnc(Br)c2)CC(C)N1C. The number of hydrogen-bond donors (Lipinski definition) is 0. The summed E-state index contributed by atoms with van der Waals surface area (Å²) >= 11 is 3.30. The molecule has 18 heavy (non-hydrogen) atoms. The Balaban J connectivity index is 2.15. The maximum absolute atomic E-state index is 12.4. The molecule has 1 aromatic heterocycles. The average molecular weight is 312 g/mol. The quantitative estimate of drug-likeness (QED) is 0.744. The van der Waals surface area contributed by atoms with Gasteiger partial charge in [0.15, 0.2) is 0 Å². The number of carbonyl (C=O) groups excluding carboxylic acids is 1. The highest BCUT2D eigenvalue weighted by atomic mass is 79.9. The summed E-state index contributed by atoms with van der Waals surface area (Å²) in [6.45, 7) is 5.86. The number of likely N-dealkylation sites (N-methyl/N-ethyl adjacent to an activating group) is 1. The largest absolute Gasteiger partial charge is 0.336 e. The number of halogens is 1. The van der Waals surface area contributed by atoms with Gasteiger partial charge in [0.05, 0.1) is 0 Å². The van der Waals surface area contributed by atoms with E-state index in [1.54, 1.807) is 18.3 Å². The first-order valence-corrected chi connectivity index (χ1v) is 6.91. The lowest BCUT2D eigenvalue weighted by molar-refractivity contribution is 0.0414. The minimum absolute atomic E-state index is 0.0879. The second-order valence-corrected chi connectivity index (χ2v) is 5.75. The monoisotopic (exact) mass is 311 g/mol. The highest BCUT2D eigenvalue weighted by Gasteiger charge is 2.29. The van der Waals surface area contributed by atoms with Crippen LogP contribution in [-0.2, 0) is 0 Å². The average Bonchev–Trinajstić information content (AvgIpc) is 2.34. The Morgan fingerprint density at radius 2 is 2.00 bits per heavy atom. The zero-order valence-corrected chi connectivity index (χ0v) is 12.5. The third kappa shape index (κ3) is 2.72. The molecule has 1 saturated heterocycles. The van der Waals surface area contributed by atoms with Gasteiger partial charge in [-0.05, 0) is 49.0 Å². The van der Waals surface area contributed by atoms with Crippen molar-refractivity contribution in [1.82, 2.24) is 14.8 Å². The standard InChI is InChI=1S/C13H18BrN3O/c1-9-7-17(8-10(2)16(9)3)13(18)11-4-5-15-12(14)6-11/h4-6,9-10H,7-8H2,1-3H3. The van der Waals surface area contributed by atoms with Crippen LogP contribution in [0.3, 0.4) is 0 Å². The van der Waals surface area contributed by atoms with Crippen molar-refractivity contribution in [2.75, 3.05) is 20.1 Å². The normalized spacial score (nSPS) is 25.2.